The van der Waals surface area contributed by atoms with Gasteiger partial charge in [-0.25, -0.2) is 31.6 Å². The number of nitrogens with one attached hydrogen (secondary N) is 1. The van der Waals surface area contributed by atoms with Crippen LogP contribution in [-0.2, 0) is 32.8 Å². The number of nitrogens with zero attached hydrogens (tertiary/aromatic N) is 8. The van der Waals surface area contributed by atoms with E-state index in [0.717, 1.165) is 42.1 Å². The lowest BCUT2D eigenvalue weighted by atomic mass is 9.83. The maximum atomic E-state index is 16.7. The van der Waals surface area contributed by atoms with Crippen molar-refractivity contribution in [3.8, 4) is 17.2 Å². The molecule has 7 aromatic rings. The summed E-state index contributed by atoms with van der Waals surface area (Å²) in [6.45, 7) is 12.7. The fourth-order valence-corrected chi connectivity index (χ4v) is 14.4. The topological polar surface area (TPSA) is 168 Å². The number of amides is 1. The smallest absolute Gasteiger partial charge is 0.376 e. The first-order chi connectivity index (χ1) is 33.0. The molecule has 3 aromatic carbocycles. The third kappa shape index (κ3) is 6.64. The van der Waals surface area contributed by atoms with Gasteiger partial charge in [-0.05, 0) is 144 Å². The minimum atomic E-state index is -2.76. The van der Waals surface area contributed by atoms with Crippen LogP contribution in [0.3, 0.4) is 0 Å². The number of benzene rings is 3. The number of carbonyl (C=O) groups is 1. The molecule has 0 radical (unpaired) electrons. The average Bonchev–Trinajstić information content (AvgIpc) is 4.06. The summed E-state index contributed by atoms with van der Waals surface area (Å²) < 4.78 is 67.8. The lowest BCUT2D eigenvalue weighted by Crippen LogP contribution is -2.41. The first-order valence-corrected chi connectivity index (χ1v) is 25.5. The molecule has 4 aromatic heterocycles. The van der Waals surface area contributed by atoms with Crippen molar-refractivity contribution in [1.82, 2.24) is 38.5 Å². The van der Waals surface area contributed by atoms with Gasteiger partial charge < -0.3 is 14.2 Å². The second-order valence-corrected chi connectivity index (χ2v) is 22.9. The molecule has 15 nitrogen and oxygen atoms in total. The molecule has 0 unspecified atom stereocenters. The number of carbonyl (C=O) groups excluding carboxylic acids is 1. The minimum Gasteiger partial charge on any atom is -0.376 e. The fraction of sp³-hybridized carbons (Fsp3) is 0.431. The van der Waals surface area contributed by atoms with E-state index < -0.39 is 38.6 Å². The van der Waals surface area contributed by atoms with E-state index in [-0.39, 0.29) is 59.6 Å². The number of fused-ring (bicyclic) bond motifs is 3. The highest BCUT2D eigenvalue weighted by atomic mass is 32.2. The predicted molar refractivity (Wildman–Crippen MR) is 253 cm³/mol. The number of aromatic nitrogens is 7. The minimum absolute atomic E-state index is 0.0117. The van der Waals surface area contributed by atoms with Gasteiger partial charge in [0.15, 0.2) is 11.6 Å². The number of imidazole rings is 1. The third-order valence-corrected chi connectivity index (χ3v) is 18.4. The van der Waals surface area contributed by atoms with Crippen molar-refractivity contribution < 1.29 is 27.0 Å². The van der Waals surface area contributed by atoms with Gasteiger partial charge in [0.1, 0.15) is 22.9 Å². The molecule has 358 valence electrons. The van der Waals surface area contributed by atoms with Crippen LogP contribution >= 0.6 is 0 Å². The molecule has 18 heteroatoms. The van der Waals surface area contributed by atoms with Crippen LogP contribution in [0.1, 0.15) is 122 Å². The van der Waals surface area contributed by atoms with Crippen molar-refractivity contribution in [2.45, 2.75) is 120 Å². The lowest BCUT2D eigenvalue weighted by Gasteiger charge is -2.35. The van der Waals surface area contributed by atoms with Crippen LogP contribution in [0.25, 0.3) is 28.1 Å². The van der Waals surface area contributed by atoms with E-state index >= 15 is 13.6 Å². The molecule has 1 amide bonds. The zero-order valence-electron chi connectivity index (χ0n) is 39.3. The second kappa shape index (κ2) is 15.3. The summed E-state index contributed by atoms with van der Waals surface area (Å²) in [5.41, 5.74) is 3.51. The van der Waals surface area contributed by atoms with E-state index in [4.69, 9.17) is 14.4 Å². The largest absolute Gasteiger partial charge is 0.438 e. The molecule has 2 saturated carbocycles. The molecule has 2 aliphatic carbocycles. The monoisotopic (exact) mass is 957 g/mol. The normalized spacial score (nSPS) is 25.1. The van der Waals surface area contributed by atoms with Crippen molar-refractivity contribution in [2.75, 3.05) is 19.7 Å². The zero-order valence-corrected chi connectivity index (χ0v) is 40.2. The number of ether oxygens (including phenoxy) is 1. The molecule has 1 N–H and O–H groups in total. The average molecular weight is 958 g/mol. The highest BCUT2D eigenvalue weighted by Gasteiger charge is 2.59. The van der Waals surface area contributed by atoms with Crippen LogP contribution in [0.4, 0.5) is 8.78 Å². The molecule has 3 fully saturated rings. The van der Waals surface area contributed by atoms with Crippen molar-refractivity contribution in [2.24, 2.45) is 10.3 Å². The number of halogens is 2. The van der Waals surface area contributed by atoms with Gasteiger partial charge in [-0.2, -0.15) is 5.10 Å². The number of rotatable bonds is 8. The van der Waals surface area contributed by atoms with E-state index in [2.05, 4.69) is 53.5 Å². The highest BCUT2D eigenvalue weighted by molar-refractivity contribution is 7.94. The first kappa shape index (κ1) is 43.9. The molecule has 0 bridgehead atoms. The summed E-state index contributed by atoms with van der Waals surface area (Å²) in [5, 5.41) is 10.1. The molecule has 5 aliphatic rings. The molecule has 1 saturated heterocycles. The van der Waals surface area contributed by atoms with Crippen LogP contribution in [0.5, 0.6) is 0 Å². The highest BCUT2D eigenvalue weighted by Crippen LogP contribution is 2.56. The van der Waals surface area contributed by atoms with E-state index in [1.807, 2.05) is 17.6 Å². The summed E-state index contributed by atoms with van der Waals surface area (Å²) in [5.74, 6) is -1.01. The van der Waals surface area contributed by atoms with Gasteiger partial charge in [-0.3, -0.25) is 23.4 Å². The number of hydrogen-bond acceptors (Lipinski definition) is 9. The first-order valence-electron chi connectivity index (χ1n) is 23.9. The maximum Gasteiger partial charge on any atom is 0.438 e. The van der Waals surface area contributed by atoms with Crippen LogP contribution in [0.2, 0.25) is 0 Å². The van der Waals surface area contributed by atoms with E-state index in [9.17, 15) is 13.8 Å². The molecular formula is C51H53F2N9O6S. The molecule has 12 rings (SSSR count). The van der Waals surface area contributed by atoms with Crippen molar-refractivity contribution in [3.05, 3.63) is 139 Å². The number of aryl methyl sites for hydroxylation is 2. The van der Waals surface area contributed by atoms with E-state index in [0.29, 0.717) is 75.3 Å². The van der Waals surface area contributed by atoms with Gasteiger partial charge in [0.25, 0.3) is 5.91 Å². The van der Waals surface area contributed by atoms with E-state index in [1.165, 1.54) is 21.4 Å². The van der Waals surface area contributed by atoms with Crippen LogP contribution in [0.15, 0.2) is 84.3 Å². The van der Waals surface area contributed by atoms with Crippen LogP contribution in [-0.4, -0.2) is 79.2 Å². The summed E-state index contributed by atoms with van der Waals surface area (Å²) in [7, 11) is -2.76. The Balaban J connectivity index is 0.991. The fourth-order valence-electron chi connectivity index (χ4n) is 11.7. The van der Waals surface area contributed by atoms with Gasteiger partial charge in [-0.15, -0.1) is 0 Å². The quantitative estimate of drug-likeness (QED) is 0.160. The van der Waals surface area contributed by atoms with Gasteiger partial charge in [0, 0.05) is 59.2 Å². The summed E-state index contributed by atoms with van der Waals surface area (Å²) in [4.78, 5) is 48.0. The number of aromatic amines is 1. The number of H-pyrrole nitrogens is 1. The van der Waals surface area contributed by atoms with Crippen molar-refractivity contribution >= 4 is 26.5 Å². The Hall–Kier alpha value is -6.40. The number of hydrogen-bond donors (Lipinski definition) is 1. The maximum absolute atomic E-state index is 16.7. The molecule has 3 aliphatic heterocycles. The third-order valence-electron chi connectivity index (χ3n) is 15.5. The second-order valence-electron chi connectivity index (χ2n) is 20.4. The van der Waals surface area contributed by atoms with Crippen LogP contribution < -0.4 is 11.4 Å². The molecule has 5 atom stereocenters. The Morgan fingerprint density at radius 2 is 1.68 bits per heavy atom. The zero-order chi connectivity index (χ0) is 48.1. The summed E-state index contributed by atoms with van der Waals surface area (Å²) in [6, 6.07) is 14.1. The standard InChI is InChI=1S/C51H53F2N9O6S/c1-27-21-34(22-28(2)43(27)52)62-45(60-19-18-59(49(60)65)39-11-12-41-36(44(39)53)13-16-54-69(41,66)35-8-9-35)42-30(4)58(17-14-37(42)56-62)46(63)40-24-33-23-31(32-15-20-67-50(5,6)26-32)7-10-38(33)61(40)51(25-29(51)3)47-55-48(64)68-57-47/h7,10-12,18-19,21-24,29-30,32,35H,8-9,13-17,20,25-26H2,1-6H3,(H,55,57,64)/t29-,30-,32-,51-,69+/m0/s1. The molecular weight excluding hydrogens is 905 g/mol. The van der Waals surface area contributed by atoms with Gasteiger partial charge >= 0.3 is 11.4 Å². The Morgan fingerprint density at radius 1 is 0.928 bits per heavy atom. The predicted octanol–water partition coefficient (Wildman–Crippen LogP) is 8.10. The van der Waals surface area contributed by atoms with Crippen LogP contribution in [0, 0.1) is 31.4 Å². The summed E-state index contributed by atoms with van der Waals surface area (Å²) >= 11 is 0. The lowest BCUT2D eigenvalue weighted by molar-refractivity contribution is -0.0592. The SMILES string of the molecule is Cc1cc(-n2nc3c(c2-n2ccn(-c4ccc5c(c4F)CCN=[S@@]5(=O)C4CC4)c2=O)[C@H](C)N(C(=O)c2cc4cc([C@H]5CCOC(C)(C)C5)ccc4n2[C@@]2(c4noc(=O)[nH]4)C[C@@H]2C)CC3)cc(C)c1F. The molecule has 7 heterocycles. The van der Waals surface area contributed by atoms with Gasteiger partial charge in [0.05, 0.1) is 49.9 Å². The Kier molecular flexibility index (Phi) is 9.72. The Morgan fingerprint density at radius 3 is 2.38 bits per heavy atom. The van der Waals surface area contributed by atoms with Gasteiger partial charge in [-0.1, -0.05) is 18.1 Å². The van der Waals surface area contributed by atoms with Gasteiger partial charge in [0.2, 0.25) is 0 Å². The Bertz CT molecular complexity index is 3560. The molecule has 69 heavy (non-hydrogen) atoms. The Labute approximate surface area is 396 Å². The van der Waals surface area contributed by atoms with E-state index in [1.54, 1.807) is 47.8 Å². The molecule has 0 spiro atoms. The van der Waals surface area contributed by atoms with Crippen molar-refractivity contribution in [1.29, 1.82) is 0 Å². The van der Waals surface area contributed by atoms with Crippen molar-refractivity contribution in [3.63, 3.8) is 0 Å². The summed E-state index contributed by atoms with van der Waals surface area (Å²) in [6.07, 6.45) is 7.53.